The standard InChI is InChI=1S/C10H12BrNS/c1-3-8(4-2)12-7-9-5-6-10(11)13-9/h1,5-6,8,12H,4,7H2,2H3. The third-order valence-corrected chi connectivity index (χ3v) is 3.38. The van der Waals surface area contributed by atoms with Gasteiger partial charge in [-0.25, -0.2) is 0 Å². The van der Waals surface area contributed by atoms with Crippen molar-refractivity contribution < 1.29 is 0 Å². The zero-order valence-corrected chi connectivity index (χ0v) is 9.91. The van der Waals surface area contributed by atoms with Gasteiger partial charge in [0.25, 0.3) is 0 Å². The summed E-state index contributed by atoms with van der Waals surface area (Å²) in [5, 5.41) is 3.30. The molecule has 0 aliphatic heterocycles. The van der Waals surface area contributed by atoms with Crippen LogP contribution in [0, 0.1) is 12.3 Å². The van der Waals surface area contributed by atoms with Crippen molar-refractivity contribution >= 4 is 27.3 Å². The highest BCUT2D eigenvalue weighted by atomic mass is 79.9. The topological polar surface area (TPSA) is 12.0 Å². The van der Waals surface area contributed by atoms with Gasteiger partial charge in [0.2, 0.25) is 0 Å². The van der Waals surface area contributed by atoms with Crippen LogP contribution >= 0.6 is 27.3 Å². The van der Waals surface area contributed by atoms with Crippen LogP contribution in [0.4, 0.5) is 0 Å². The van der Waals surface area contributed by atoms with Crippen molar-refractivity contribution in [2.24, 2.45) is 0 Å². The minimum absolute atomic E-state index is 0.195. The molecule has 0 saturated carbocycles. The van der Waals surface area contributed by atoms with Gasteiger partial charge in [0.05, 0.1) is 9.83 Å². The third kappa shape index (κ3) is 3.51. The zero-order chi connectivity index (χ0) is 9.68. The van der Waals surface area contributed by atoms with Crippen molar-refractivity contribution in [2.45, 2.75) is 25.9 Å². The van der Waals surface area contributed by atoms with Crippen LogP contribution in [0.1, 0.15) is 18.2 Å². The maximum Gasteiger partial charge on any atom is 0.0701 e. The van der Waals surface area contributed by atoms with Gasteiger partial charge in [-0.3, -0.25) is 5.32 Å². The Bertz CT molecular complexity index is 300. The van der Waals surface area contributed by atoms with Crippen molar-refractivity contribution in [2.75, 3.05) is 0 Å². The molecule has 70 valence electrons. The van der Waals surface area contributed by atoms with E-state index in [1.165, 1.54) is 4.88 Å². The molecule has 1 unspecified atom stereocenters. The predicted molar refractivity (Wildman–Crippen MR) is 61.8 cm³/mol. The van der Waals surface area contributed by atoms with Gasteiger partial charge >= 0.3 is 0 Å². The smallest absolute Gasteiger partial charge is 0.0701 e. The molecule has 0 fully saturated rings. The van der Waals surface area contributed by atoms with E-state index in [0.717, 1.165) is 16.8 Å². The fraction of sp³-hybridized carbons (Fsp3) is 0.400. The SMILES string of the molecule is C#CC(CC)NCc1ccc(Br)s1. The minimum Gasteiger partial charge on any atom is -0.299 e. The number of hydrogen-bond acceptors (Lipinski definition) is 2. The highest BCUT2D eigenvalue weighted by molar-refractivity contribution is 9.11. The predicted octanol–water partition coefficient (Wildman–Crippen LogP) is 3.01. The minimum atomic E-state index is 0.195. The highest BCUT2D eigenvalue weighted by Crippen LogP contribution is 2.21. The molecule has 0 aliphatic carbocycles. The van der Waals surface area contributed by atoms with E-state index in [9.17, 15) is 0 Å². The van der Waals surface area contributed by atoms with E-state index in [2.05, 4.69) is 46.2 Å². The average molecular weight is 258 g/mol. The normalized spacial score (nSPS) is 12.4. The molecule has 0 amide bonds. The molecule has 1 aromatic rings. The van der Waals surface area contributed by atoms with Crippen molar-refractivity contribution in [1.29, 1.82) is 0 Å². The molecule has 1 aromatic heterocycles. The Kier molecular flexibility index (Phi) is 4.51. The van der Waals surface area contributed by atoms with Crippen molar-refractivity contribution in [3.05, 3.63) is 20.8 Å². The number of terminal acetylenes is 1. The molecule has 0 aromatic carbocycles. The first-order valence-electron chi connectivity index (χ1n) is 4.20. The summed E-state index contributed by atoms with van der Waals surface area (Å²) in [7, 11) is 0. The summed E-state index contributed by atoms with van der Waals surface area (Å²) >= 11 is 5.16. The Labute approximate surface area is 91.7 Å². The fourth-order valence-corrected chi connectivity index (χ4v) is 2.43. The number of thiophene rings is 1. The summed E-state index contributed by atoms with van der Waals surface area (Å²) in [6, 6.07) is 4.35. The van der Waals surface area contributed by atoms with Gasteiger partial charge < -0.3 is 0 Å². The van der Waals surface area contributed by atoms with Crippen LogP contribution in [0.2, 0.25) is 0 Å². The van der Waals surface area contributed by atoms with Crippen LogP contribution in [0.3, 0.4) is 0 Å². The quantitative estimate of drug-likeness (QED) is 0.818. The van der Waals surface area contributed by atoms with Crippen molar-refractivity contribution in [1.82, 2.24) is 5.32 Å². The molecule has 0 bridgehead atoms. The van der Waals surface area contributed by atoms with Gasteiger partial charge in [-0.2, -0.15) is 0 Å². The summed E-state index contributed by atoms with van der Waals surface area (Å²) in [5.41, 5.74) is 0. The molecule has 1 heterocycles. The van der Waals surface area contributed by atoms with Crippen LogP contribution in [-0.4, -0.2) is 6.04 Å². The fourth-order valence-electron chi connectivity index (χ4n) is 0.992. The molecule has 3 heteroatoms. The first kappa shape index (κ1) is 10.8. The lowest BCUT2D eigenvalue weighted by Crippen LogP contribution is -2.25. The van der Waals surface area contributed by atoms with Crippen LogP contribution in [0.25, 0.3) is 0 Å². The molecule has 1 N–H and O–H groups in total. The van der Waals surface area contributed by atoms with E-state index in [1.807, 2.05) is 0 Å². The van der Waals surface area contributed by atoms with Gasteiger partial charge in [-0.05, 0) is 34.5 Å². The van der Waals surface area contributed by atoms with Crippen LogP contribution in [0.15, 0.2) is 15.9 Å². The van der Waals surface area contributed by atoms with Crippen LogP contribution in [-0.2, 0) is 6.54 Å². The lowest BCUT2D eigenvalue weighted by molar-refractivity contribution is 0.597. The number of halogens is 1. The third-order valence-electron chi connectivity index (χ3n) is 1.76. The van der Waals surface area contributed by atoms with Gasteiger partial charge in [0.15, 0.2) is 0 Å². The molecule has 0 aliphatic rings. The molecule has 1 atom stereocenters. The van der Waals surface area contributed by atoms with Crippen LogP contribution in [0.5, 0.6) is 0 Å². The van der Waals surface area contributed by atoms with Crippen molar-refractivity contribution in [3.8, 4) is 12.3 Å². The molecule has 0 saturated heterocycles. The number of hydrogen-bond donors (Lipinski definition) is 1. The number of rotatable bonds is 4. The maximum atomic E-state index is 5.33. The molecule has 13 heavy (non-hydrogen) atoms. The number of nitrogens with one attached hydrogen (secondary N) is 1. The van der Waals surface area contributed by atoms with Gasteiger partial charge in [-0.1, -0.05) is 12.8 Å². The zero-order valence-electron chi connectivity index (χ0n) is 7.51. The molecule has 0 spiro atoms. The first-order valence-corrected chi connectivity index (χ1v) is 5.81. The van der Waals surface area contributed by atoms with Gasteiger partial charge in [-0.15, -0.1) is 17.8 Å². The summed E-state index contributed by atoms with van der Waals surface area (Å²) in [6.45, 7) is 2.95. The summed E-state index contributed by atoms with van der Waals surface area (Å²) in [4.78, 5) is 1.31. The van der Waals surface area contributed by atoms with E-state index in [4.69, 9.17) is 6.42 Å². The molecular formula is C10H12BrNS. The Hall–Kier alpha value is -0.300. The largest absolute Gasteiger partial charge is 0.299 e. The highest BCUT2D eigenvalue weighted by Gasteiger charge is 2.02. The second-order valence-corrected chi connectivity index (χ2v) is 5.26. The Morgan fingerprint density at radius 1 is 1.69 bits per heavy atom. The Morgan fingerprint density at radius 3 is 2.92 bits per heavy atom. The summed E-state index contributed by atoms with van der Waals surface area (Å²) < 4.78 is 1.16. The lowest BCUT2D eigenvalue weighted by atomic mass is 10.2. The maximum absolute atomic E-state index is 5.33. The van der Waals surface area contributed by atoms with E-state index in [1.54, 1.807) is 11.3 Å². The first-order chi connectivity index (χ1) is 6.26. The van der Waals surface area contributed by atoms with E-state index in [0.29, 0.717) is 0 Å². The summed E-state index contributed by atoms with van der Waals surface area (Å²) in [6.07, 6.45) is 6.31. The summed E-state index contributed by atoms with van der Waals surface area (Å²) in [5.74, 6) is 2.71. The Morgan fingerprint density at radius 2 is 2.46 bits per heavy atom. The lowest BCUT2D eigenvalue weighted by Gasteiger charge is -2.08. The molecule has 1 nitrogen and oxygen atoms in total. The average Bonchev–Trinajstić information content (AvgIpc) is 2.53. The van der Waals surface area contributed by atoms with E-state index in [-0.39, 0.29) is 6.04 Å². The monoisotopic (exact) mass is 257 g/mol. The van der Waals surface area contributed by atoms with Gasteiger partial charge in [0.1, 0.15) is 0 Å². The van der Waals surface area contributed by atoms with Crippen molar-refractivity contribution in [3.63, 3.8) is 0 Å². The molecule has 0 radical (unpaired) electrons. The second kappa shape index (κ2) is 5.43. The Balaban J connectivity index is 2.39. The van der Waals surface area contributed by atoms with Crippen LogP contribution < -0.4 is 5.32 Å². The molecule has 1 rings (SSSR count). The van der Waals surface area contributed by atoms with E-state index >= 15 is 0 Å². The van der Waals surface area contributed by atoms with Gasteiger partial charge in [0, 0.05) is 11.4 Å². The molecular weight excluding hydrogens is 246 g/mol. The van der Waals surface area contributed by atoms with E-state index < -0.39 is 0 Å². The second-order valence-electron chi connectivity index (χ2n) is 2.71.